The summed E-state index contributed by atoms with van der Waals surface area (Å²) in [6.07, 6.45) is 0.313. The molecule has 0 saturated carbocycles. The molecule has 0 unspecified atom stereocenters. The van der Waals surface area contributed by atoms with E-state index in [-0.39, 0.29) is 11.7 Å². The first-order valence-corrected chi connectivity index (χ1v) is 12.1. The molecule has 2 rings (SSSR count). The van der Waals surface area contributed by atoms with Crippen LogP contribution >= 0.6 is 90.4 Å². The van der Waals surface area contributed by atoms with Crippen molar-refractivity contribution >= 4 is 102 Å². The van der Waals surface area contributed by atoms with Crippen LogP contribution in [0.5, 0.6) is 17.2 Å². The summed E-state index contributed by atoms with van der Waals surface area (Å²) in [5.74, 6) is 0.766. The van der Waals surface area contributed by atoms with Gasteiger partial charge in [-0.3, -0.25) is 4.79 Å². The van der Waals surface area contributed by atoms with Crippen molar-refractivity contribution < 1.29 is 24.2 Å². The number of rotatable bonds is 6. The number of nitrogens with one attached hydrogen (secondary N) is 1. The highest BCUT2D eigenvalue weighted by Crippen LogP contribution is 2.37. The maximum atomic E-state index is 11.9. The van der Waals surface area contributed by atoms with E-state index in [1.807, 2.05) is 12.1 Å². The van der Waals surface area contributed by atoms with E-state index < -0.39 is 12.0 Å². The fraction of sp³-hybridized carbons (Fsp3) is 0.222. The van der Waals surface area contributed by atoms with Crippen LogP contribution in [0.25, 0.3) is 0 Å². The quantitative estimate of drug-likeness (QED) is 0.323. The molecule has 0 aliphatic heterocycles. The lowest BCUT2D eigenvalue weighted by atomic mass is 10.1. The van der Waals surface area contributed by atoms with Gasteiger partial charge in [-0.15, -0.1) is 0 Å². The standard InChI is InChI=1S/C18H15I4NO5/c1-8(24)23-15(18(26)27-2)5-9-3-13(21)17(14(22)4-9)28-10-6-11(19)16(25)12(20)7-10/h3-4,6-7,15,25H,5H2,1-2H3,(H,23,24)/t15-/m0/s1. The van der Waals surface area contributed by atoms with Gasteiger partial charge >= 0.3 is 5.97 Å². The molecule has 2 N–H and O–H groups in total. The van der Waals surface area contributed by atoms with Gasteiger partial charge < -0.3 is 19.9 Å². The van der Waals surface area contributed by atoms with E-state index in [0.29, 0.717) is 25.1 Å². The van der Waals surface area contributed by atoms with Crippen LogP contribution in [0, 0.1) is 14.3 Å². The highest BCUT2D eigenvalue weighted by atomic mass is 127. The van der Waals surface area contributed by atoms with Crippen LogP contribution in [0.2, 0.25) is 0 Å². The Morgan fingerprint density at radius 3 is 2.04 bits per heavy atom. The van der Waals surface area contributed by atoms with Gasteiger partial charge in [0.2, 0.25) is 5.91 Å². The molecule has 0 spiro atoms. The lowest BCUT2D eigenvalue weighted by Gasteiger charge is -2.17. The number of phenols is 1. The predicted molar refractivity (Wildman–Crippen MR) is 139 cm³/mol. The van der Waals surface area contributed by atoms with Gasteiger partial charge in [-0.1, -0.05) is 0 Å². The van der Waals surface area contributed by atoms with Crippen molar-refractivity contribution in [1.82, 2.24) is 5.32 Å². The van der Waals surface area contributed by atoms with E-state index in [2.05, 4.69) is 95.7 Å². The lowest BCUT2D eigenvalue weighted by Crippen LogP contribution is -2.42. The van der Waals surface area contributed by atoms with Gasteiger partial charge in [-0.05, 0) is 120 Å². The number of carbonyl (C=O) groups excluding carboxylic acids is 2. The minimum Gasteiger partial charge on any atom is -0.506 e. The second-order valence-corrected chi connectivity index (χ2v) is 10.4. The summed E-state index contributed by atoms with van der Waals surface area (Å²) < 4.78 is 14.0. The van der Waals surface area contributed by atoms with E-state index in [1.165, 1.54) is 14.0 Å². The number of aromatic hydroxyl groups is 1. The number of halogens is 4. The number of hydrogen-bond acceptors (Lipinski definition) is 5. The summed E-state index contributed by atoms with van der Waals surface area (Å²) >= 11 is 8.46. The number of ether oxygens (including phenoxy) is 2. The third kappa shape index (κ3) is 6.45. The summed E-state index contributed by atoms with van der Waals surface area (Å²) in [4.78, 5) is 23.3. The van der Waals surface area contributed by atoms with Crippen LogP contribution in [0.4, 0.5) is 0 Å². The molecule has 1 amide bonds. The largest absolute Gasteiger partial charge is 0.506 e. The third-order valence-electron chi connectivity index (χ3n) is 3.57. The number of benzene rings is 2. The number of amides is 1. The number of hydrogen-bond donors (Lipinski definition) is 2. The predicted octanol–water partition coefficient (Wildman–Crippen LogP) is 4.82. The van der Waals surface area contributed by atoms with E-state index in [1.54, 1.807) is 12.1 Å². The summed E-state index contributed by atoms with van der Waals surface area (Å²) in [5, 5.41) is 12.5. The van der Waals surface area contributed by atoms with E-state index in [4.69, 9.17) is 9.47 Å². The zero-order valence-electron chi connectivity index (χ0n) is 14.7. The zero-order chi connectivity index (χ0) is 21.0. The number of methoxy groups -OCH3 is 1. The van der Waals surface area contributed by atoms with Crippen molar-refractivity contribution in [2.45, 2.75) is 19.4 Å². The van der Waals surface area contributed by atoms with Crippen molar-refractivity contribution in [3.8, 4) is 17.2 Å². The van der Waals surface area contributed by atoms with Gasteiger partial charge in [0.25, 0.3) is 0 Å². The summed E-state index contributed by atoms with van der Waals surface area (Å²) in [5.41, 5.74) is 0.875. The second-order valence-electron chi connectivity index (χ2n) is 5.71. The first kappa shape index (κ1) is 24.2. The van der Waals surface area contributed by atoms with Gasteiger partial charge in [0, 0.05) is 13.3 Å². The maximum absolute atomic E-state index is 11.9. The Hall–Kier alpha value is -0.100. The topological polar surface area (TPSA) is 84.9 Å². The fourth-order valence-electron chi connectivity index (χ4n) is 2.36. The lowest BCUT2D eigenvalue weighted by molar-refractivity contribution is -0.144. The van der Waals surface area contributed by atoms with Crippen molar-refractivity contribution in [2.24, 2.45) is 0 Å². The molecule has 0 aliphatic carbocycles. The smallest absolute Gasteiger partial charge is 0.328 e. The molecule has 0 saturated heterocycles. The fourth-order valence-corrected chi connectivity index (χ4v) is 6.19. The first-order chi connectivity index (χ1) is 13.1. The SMILES string of the molecule is COC(=O)[C@H](Cc1cc(I)c(Oc2cc(I)c(O)c(I)c2)c(I)c1)NC(C)=O. The first-order valence-electron chi connectivity index (χ1n) is 7.81. The molecular formula is C18H15I4NO5. The van der Waals surface area contributed by atoms with Crippen molar-refractivity contribution in [3.63, 3.8) is 0 Å². The monoisotopic (exact) mass is 833 g/mol. The van der Waals surface area contributed by atoms with Gasteiger partial charge in [0.15, 0.2) is 5.75 Å². The number of esters is 1. The van der Waals surface area contributed by atoms with E-state index in [0.717, 1.165) is 12.7 Å². The Balaban J connectivity index is 2.29. The van der Waals surface area contributed by atoms with Crippen molar-refractivity contribution in [3.05, 3.63) is 44.1 Å². The molecule has 150 valence electrons. The van der Waals surface area contributed by atoms with E-state index >= 15 is 0 Å². The number of phenolic OH excluding ortho intramolecular Hbond substituents is 1. The Morgan fingerprint density at radius 2 is 1.57 bits per heavy atom. The maximum Gasteiger partial charge on any atom is 0.328 e. The highest BCUT2D eigenvalue weighted by molar-refractivity contribution is 14.1. The van der Waals surface area contributed by atoms with Gasteiger partial charge in [0.05, 0.1) is 21.4 Å². The molecule has 28 heavy (non-hydrogen) atoms. The van der Waals surface area contributed by atoms with Gasteiger partial charge in [0.1, 0.15) is 17.5 Å². The molecule has 2 aromatic carbocycles. The molecule has 1 atom stereocenters. The molecule has 0 aliphatic rings. The zero-order valence-corrected chi connectivity index (χ0v) is 23.3. The molecule has 0 fully saturated rings. The minimum absolute atomic E-state index is 0.236. The highest BCUT2D eigenvalue weighted by Gasteiger charge is 2.22. The molecule has 10 heteroatoms. The Kier molecular flexibility index (Phi) is 9.31. The van der Waals surface area contributed by atoms with Gasteiger partial charge in [-0.2, -0.15) is 0 Å². The molecule has 0 aromatic heterocycles. The summed E-state index contributed by atoms with van der Waals surface area (Å²) in [6, 6.07) is 6.60. The van der Waals surface area contributed by atoms with Crippen LogP contribution in [0.15, 0.2) is 24.3 Å². The average Bonchev–Trinajstić information content (AvgIpc) is 2.61. The summed E-state index contributed by atoms with van der Waals surface area (Å²) in [6.45, 7) is 1.36. The second kappa shape index (κ2) is 10.8. The van der Waals surface area contributed by atoms with E-state index in [9.17, 15) is 14.7 Å². The number of carbonyl (C=O) groups is 2. The normalized spacial score (nSPS) is 11.6. The Labute approximate surface area is 217 Å². The average molecular weight is 833 g/mol. The van der Waals surface area contributed by atoms with Crippen LogP contribution in [-0.4, -0.2) is 30.1 Å². The summed E-state index contributed by atoms with van der Waals surface area (Å²) in [7, 11) is 1.29. The molecule has 0 heterocycles. The Bertz CT molecular complexity index is 873. The minimum atomic E-state index is -0.749. The van der Waals surface area contributed by atoms with Crippen LogP contribution in [0.3, 0.4) is 0 Å². The molecule has 2 aromatic rings. The van der Waals surface area contributed by atoms with Crippen LogP contribution < -0.4 is 10.1 Å². The van der Waals surface area contributed by atoms with Crippen molar-refractivity contribution in [2.75, 3.05) is 7.11 Å². The van der Waals surface area contributed by atoms with Crippen LogP contribution in [0.1, 0.15) is 12.5 Å². The molecule has 0 radical (unpaired) electrons. The molecule has 0 bridgehead atoms. The van der Waals surface area contributed by atoms with Crippen LogP contribution in [-0.2, 0) is 20.7 Å². The third-order valence-corrected chi connectivity index (χ3v) is 6.82. The Morgan fingerprint density at radius 1 is 1.04 bits per heavy atom. The molecule has 6 nitrogen and oxygen atoms in total. The van der Waals surface area contributed by atoms with Gasteiger partial charge in [-0.25, -0.2) is 4.79 Å². The molecular weight excluding hydrogens is 818 g/mol. The van der Waals surface area contributed by atoms with Crippen molar-refractivity contribution in [1.29, 1.82) is 0 Å².